The Bertz CT molecular complexity index is 3430. The summed E-state index contributed by atoms with van der Waals surface area (Å²) in [5.41, 5.74) is 13.4. The lowest BCUT2D eigenvalue weighted by Gasteiger charge is -2.35. The molecule has 5 aliphatic rings. The predicted octanol–water partition coefficient (Wildman–Crippen LogP) is 9.25. The Morgan fingerprint density at radius 2 is 1.09 bits per heavy atom. The first-order chi connectivity index (χ1) is 22.6. The zero-order valence-electron chi connectivity index (χ0n) is 24.7. The first-order valence-corrected chi connectivity index (χ1v) is 17.1. The Kier molecular flexibility index (Phi) is 2.56. The maximum Gasteiger partial charge on any atom is 0.303 e. The van der Waals surface area contributed by atoms with Crippen molar-refractivity contribution in [3.63, 3.8) is 0 Å². The number of carboxylic acids is 1. The van der Waals surface area contributed by atoms with Gasteiger partial charge in [-0.15, -0.1) is 0 Å². The molecule has 0 spiro atoms. The second-order valence-electron chi connectivity index (χ2n) is 15.8. The monoisotopic (exact) mass is 583 g/mol. The van der Waals surface area contributed by atoms with Gasteiger partial charge in [0.15, 0.2) is 0 Å². The molecule has 3 nitrogen and oxygen atoms in total. The highest BCUT2D eigenvalue weighted by Gasteiger charge is 2.49. The fourth-order valence-corrected chi connectivity index (χ4v) is 13.2. The molecule has 16 rings (SSSR count). The van der Waals surface area contributed by atoms with Crippen LogP contribution in [0.25, 0.3) is 113 Å². The van der Waals surface area contributed by atoms with Crippen molar-refractivity contribution in [3.05, 3.63) is 74.8 Å². The molecule has 0 radical (unpaired) electrons. The van der Waals surface area contributed by atoms with Crippen LogP contribution >= 0.6 is 0 Å². The largest absolute Gasteiger partial charge is 0.481 e. The van der Waals surface area contributed by atoms with Gasteiger partial charge >= 0.3 is 5.97 Å². The van der Waals surface area contributed by atoms with Crippen molar-refractivity contribution < 1.29 is 9.90 Å². The van der Waals surface area contributed by atoms with Gasteiger partial charge in [0, 0.05) is 6.42 Å². The van der Waals surface area contributed by atoms with Gasteiger partial charge in [0.25, 0.3) is 0 Å². The summed E-state index contributed by atoms with van der Waals surface area (Å²) in [5, 5.41) is 44.5. The van der Waals surface area contributed by atoms with Crippen molar-refractivity contribution >= 4 is 119 Å². The molecular formula is C43H21NO2. The van der Waals surface area contributed by atoms with Crippen LogP contribution in [0.5, 0.6) is 0 Å². The molecule has 0 heterocycles. The number of hydrogen-bond acceptors (Lipinski definition) is 2. The molecule has 0 fully saturated rings. The molecule has 11 aromatic carbocycles. The third-order valence-corrected chi connectivity index (χ3v) is 14.1. The molecule has 46 heavy (non-hydrogen) atoms. The SMILES string of the molecule is O=C(O)CCCNC12C=C3Cc4cc5c6c7c(cc8c9c7c7c%10c6c4c4c3c1c1c3c(cc6cc(c%11c6c3c(c1c4%10)c7c%119)C8)C2)C5. The Morgan fingerprint density at radius 3 is 1.80 bits per heavy atom. The number of carbonyl (C=O) groups is 1. The molecule has 0 saturated heterocycles. The van der Waals surface area contributed by atoms with Crippen molar-refractivity contribution in [2.75, 3.05) is 6.54 Å². The van der Waals surface area contributed by atoms with E-state index in [1.807, 2.05) is 0 Å². The van der Waals surface area contributed by atoms with E-state index in [0.29, 0.717) is 13.0 Å². The van der Waals surface area contributed by atoms with Crippen molar-refractivity contribution in [2.24, 2.45) is 0 Å². The molecule has 210 valence electrons. The van der Waals surface area contributed by atoms with E-state index in [-0.39, 0.29) is 12.0 Å². The van der Waals surface area contributed by atoms with Crippen molar-refractivity contribution in [1.82, 2.24) is 5.32 Å². The minimum Gasteiger partial charge on any atom is -0.481 e. The van der Waals surface area contributed by atoms with Crippen LogP contribution in [0.15, 0.2) is 30.3 Å². The fraction of sp³-hybridized carbons (Fsp3) is 0.186. The number of carboxylic acid groups (broad SMARTS) is 1. The highest BCUT2D eigenvalue weighted by Crippen LogP contribution is 2.69. The summed E-state index contributed by atoms with van der Waals surface area (Å²) < 4.78 is 0. The summed E-state index contributed by atoms with van der Waals surface area (Å²) in [4.78, 5) is 11.5. The normalized spacial score (nSPS) is 20.6. The average molecular weight is 584 g/mol. The number of aliphatic carboxylic acids is 1. The van der Waals surface area contributed by atoms with Crippen molar-refractivity contribution in [1.29, 1.82) is 0 Å². The van der Waals surface area contributed by atoms with Gasteiger partial charge in [0.05, 0.1) is 5.54 Å². The minimum atomic E-state index is -0.712. The average Bonchev–Trinajstić information content (AvgIpc) is 3.85. The predicted molar refractivity (Wildman–Crippen MR) is 187 cm³/mol. The minimum absolute atomic E-state index is 0.202. The topological polar surface area (TPSA) is 49.3 Å². The molecule has 11 aromatic rings. The standard InChI is InChI=1S/C43H21NO2/c45-21(46)2-1-3-44-43-11-19-9-17-7-15-6-16-5-13-4-14-8-18-10-20(12-43)29-34-27(18)32-23(14)22(13)30-26(16)31-24(15)25(17)33-28(19)41(42(29)43)40-38(33)36(31)35(30)37(32)39(34)40/h5,7-9,12,44H,1-4,6,10-11H2,(H,45,46). The van der Waals surface area contributed by atoms with Gasteiger partial charge < -0.3 is 10.4 Å². The fourth-order valence-electron chi connectivity index (χ4n) is 13.2. The Hall–Kier alpha value is -4.99. The van der Waals surface area contributed by atoms with Crippen LogP contribution in [-0.4, -0.2) is 17.6 Å². The first-order valence-electron chi connectivity index (χ1n) is 17.1. The Labute approximate surface area is 259 Å². The van der Waals surface area contributed by atoms with Gasteiger partial charge in [-0.05, 0) is 196 Å². The molecule has 5 aliphatic carbocycles. The molecule has 3 heteroatoms. The Balaban J connectivity index is 1.29. The molecule has 2 N–H and O–H groups in total. The van der Waals surface area contributed by atoms with Crippen LogP contribution in [0, 0.1) is 0 Å². The van der Waals surface area contributed by atoms with Crippen LogP contribution < -0.4 is 5.32 Å². The lowest BCUT2D eigenvalue weighted by molar-refractivity contribution is -0.137. The summed E-state index contributed by atoms with van der Waals surface area (Å²) in [6, 6.07) is 10.3. The summed E-state index contributed by atoms with van der Waals surface area (Å²) in [6.45, 7) is 0.701. The van der Waals surface area contributed by atoms with E-state index >= 15 is 0 Å². The van der Waals surface area contributed by atoms with Crippen LogP contribution in [0.3, 0.4) is 0 Å². The summed E-state index contributed by atoms with van der Waals surface area (Å²) in [7, 11) is 0. The van der Waals surface area contributed by atoms with E-state index in [0.717, 1.165) is 25.7 Å². The zero-order chi connectivity index (χ0) is 29.0. The van der Waals surface area contributed by atoms with E-state index in [1.54, 1.807) is 92.1 Å². The first kappa shape index (κ1) is 20.9. The highest BCUT2D eigenvalue weighted by molar-refractivity contribution is 6.64. The van der Waals surface area contributed by atoms with Gasteiger partial charge in [-0.25, -0.2) is 0 Å². The molecule has 0 aliphatic heterocycles. The van der Waals surface area contributed by atoms with E-state index in [2.05, 4.69) is 35.7 Å². The number of allylic oxidation sites excluding steroid dienone is 1. The maximum absolute atomic E-state index is 11.5. The zero-order valence-corrected chi connectivity index (χ0v) is 24.7. The van der Waals surface area contributed by atoms with Gasteiger partial charge in [0.2, 0.25) is 0 Å². The molecular weight excluding hydrogens is 562 g/mol. The summed E-state index contributed by atoms with van der Waals surface area (Å²) >= 11 is 0. The van der Waals surface area contributed by atoms with Gasteiger partial charge in [-0.1, -0.05) is 30.3 Å². The maximum atomic E-state index is 11.5. The number of hydrogen-bond donors (Lipinski definition) is 2. The van der Waals surface area contributed by atoms with E-state index < -0.39 is 5.97 Å². The quantitative estimate of drug-likeness (QED) is 0.157. The third-order valence-electron chi connectivity index (χ3n) is 14.1. The second kappa shape index (κ2) is 5.63. The van der Waals surface area contributed by atoms with Crippen molar-refractivity contribution in [2.45, 2.75) is 44.1 Å². The van der Waals surface area contributed by atoms with Crippen molar-refractivity contribution in [3.8, 4) is 0 Å². The van der Waals surface area contributed by atoms with Gasteiger partial charge in [0.1, 0.15) is 0 Å². The summed E-state index contributed by atoms with van der Waals surface area (Å²) in [5.74, 6) is -0.712. The lowest BCUT2D eigenvalue weighted by Crippen LogP contribution is -2.43. The number of rotatable bonds is 5. The lowest BCUT2D eigenvalue weighted by atomic mass is 9.75. The Morgan fingerprint density at radius 1 is 0.587 bits per heavy atom. The molecule has 1 unspecified atom stereocenters. The van der Waals surface area contributed by atoms with E-state index in [1.165, 1.54) is 65.7 Å². The van der Waals surface area contributed by atoms with E-state index in [4.69, 9.17) is 0 Å². The van der Waals surface area contributed by atoms with Crippen LogP contribution in [0.4, 0.5) is 0 Å². The van der Waals surface area contributed by atoms with Gasteiger partial charge in [-0.3, -0.25) is 4.79 Å². The molecule has 0 saturated carbocycles. The summed E-state index contributed by atoms with van der Waals surface area (Å²) in [6.07, 6.45) is 7.46. The molecule has 1 atom stereocenters. The highest BCUT2D eigenvalue weighted by atomic mass is 16.4. The molecule has 0 aromatic heterocycles. The van der Waals surface area contributed by atoms with Crippen LogP contribution in [0.1, 0.15) is 57.3 Å². The second-order valence-corrected chi connectivity index (χ2v) is 15.8. The van der Waals surface area contributed by atoms with Crippen LogP contribution in [-0.2, 0) is 36.0 Å². The molecule has 0 amide bonds. The van der Waals surface area contributed by atoms with E-state index in [9.17, 15) is 9.90 Å². The van der Waals surface area contributed by atoms with Crippen LogP contribution in [0.2, 0.25) is 0 Å². The smallest absolute Gasteiger partial charge is 0.303 e. The van der Waals surface area contributed by atoms with Gasteiger partial charge in [-0.2, -0.15) is 0 Å². The number of nitrogens with one attached hydrogen (secondary N) is 1. The number of benzene rings is 7. The third kappa shape index (κ3) is 1.61. The molecule has 0 bridgehead atoms.